The van der Waals surface area contributed by atoms with Gasteiger partial charge in [-0.05, 0) is 50.8 Å². The van der Waals surface area contributed by atoms with E-state index in [1.165, 1.54) is 16.5 Å². The lowest BCUT2D eigenvalue weighted by Crippen LogP contribution is -2.20. The second-order valence-corrected chi connectivity index (χ2v) is 5.13. The molecule has 0 spiro atoms. The van der Waals surface area contributed by atoms with Crippen LogP contribution in [0.1, 0.15) is 25.8 Å². The number of rotatable bonds is 3. The van der Waals surface area contributed by atoms with Crippen molar-refractivity contribution < 1.29 is 5.11 Å². The summed E-state index contributed by atoms with van der Waals surface area (Å²) in [5, 5.41) is 11.0. The molecule has 0 aliphatic carbocycles. The summed E-state index contributed by atoms with van der Waals surface area (Å²) in [6.07, 6.45) is 2.86. The quantitative estimate of drug-likeness (QED) is 0.839. The Morgan fingerprint density at radius 1 is 1.25 bits per heavy atom. The lowest BCUT2D eigenvalue weighted by atomic mass is 10.1. The number of benzene rings is 1. The summed E-state index contributed by atoms with van der Waals surface area (Å²) in [4.78, 5) is 0. The molecule has 2 aromatic rings. The topological polar surface area (TPSA) is 25.2 Å². The van der Waals surface area contributed by atoms with E-state index in [2.05, 4.69) is 42.0 Å². The lowest BCUT2D eigenvalue weighted by Gasteiger charge is -2.17. The summed E-state index contributed by atoms with van der Waals surface area (Å²) in [7, 11) is 0. The van der Waals surface area contributed by atoms with Crippen molar-refractivity contribution in [1.29, 1.82) is 0 Å². The Balaban J connectivity index is 2.25. The number of aromatic nitrogens is 1. The highest BCUT2D eigenvalue weighted by atomic mass is 16.3. The van der Waals surface area contributed by atoms with Crippen molar-refractivity contribution in [3.8, 4) is 0 Å². The van der Waals surface area contributed by atoms with Crippen LogP contribution in [0.5, 0.6) is 0 Å². The number of nitrogens with zero attached hydrogens (tertiary/aromatic N) is 1. The minimum absolute atomic E-state index is 0.596. The lowest BCUT2D eigenvalue weighted by molar-refractivity contribution is 0.0666. The third-order valence-corrected chi connectivity index (χ3v) is 2.89. The summed E-state index contributed by atoms with van der Waals surface area (Å²) >= 11 is 0. The maximum Gasteiger partial charge on any atom is 0.0608 e. The van der Waals surface area contributed by atoms with Crippen molar-refractivity contribution in [3.63, 3.8) is 0 Å². The van der Waals surface area contributed by atoms with Crippen molar-refractivity contribution in [1.82, 2.24) is 4.57 Å². The van der Waals surface area contributed by atoms with Crippen LogP contribution in [0.2, 0.25) is 0 Å². The molecular weight excluding hydrogens is 198 g/mol. The van der Waals surface area contributed by atoms with Gasteiger partial charge in [0.2, 0.25) is 0 Å². The fraction of sp³-hybridized carbons (Fsp3) is 0.429. The Morgan fingerprint density at radius 3 is 2.69 bits per heavy atom. The molecule has 0 fully saturated rings. The Hall–Kier alpha value is -1.28. The molecule has 16 heavy (non-hydrogen) atoms. The first-order valence-electron chi connectivity index (χ1n) is 5.74. The van der Waals surface area contributed by atoms with E-state index in [9.17, 15) is 5.11 Å². The largest absolute Gasteiger partial charge is 0.390 e. The highest BCUT2D eigenvalue weighted by Crippen LogP contribution is 2.19. The van der Waals surface area contributed by atoms with Gasteiger partial charge < -0.3 is 9.67 Å². The Bertz CT molecular complexity index is 491. The van der Waals surface area contributed by atoms with Gasteiger partial charge in [0.05, 0.1) is 5.60 Å². The molecule has 0 bridgehead atoms. The third kappa shape index (κ3) is 2.45. The van der Waals surface area contributed by atoms with Crippen molar-refractivity contribution in [3.05, 3.63) is 36.0 Å². The molecule has 0 radical (unpaired) electrons. The monoisotopic (exact) mass is 217 g/mol. The zero-order chi connectivity index (χ0) is 11.8. The molecule has 0 saturated heterocycles. The Morgan fingerprint density at radius 2 is 2.00 bits per heavy atom. The van der Waals surface area contributed by atoms with Gasteiger partial charge in [-0.1, -0.05) is 11.6 Å². The summed E-state index contributed by atoms with van der Waals surface area (Å²) in [6, 6.07) is 8.60. The van der Waals surface area contributed by atoms with Gasteiger partial charge >= 0.3 is 0 Å². The fourth-order valence-corrected chi connectivity index (χ4v) is 1.91. The van der Waals surface area contributed by atoms with Crippen LogP contribution in [0, 0.1) is 6.92 Å². The van der Waals surface area contributed by atoms with E-state index >= 15 is 0 Å². The highest BCUT2D eigenvalue weighted by molar-refractivity contribution is 5.80. The molecule has 2 nitrogen and oxygen atoms in total. The van der Waals surface area contributed by atoms with Crippen molar-refractivity contribution in [2.45, 2.75) is 39.3 Å². The van der Waals surface area contributed by atoms with Crippen LogP contribution < -0.4 is 0 Å². The zero-order valence-corrected chi connectivity index (χ0v) is 10.2. The zero-order valence-electron chi connectivity index (χ0n) is 10.2. The van der Waals surface area contributed by atoms with Gasteiger partial charge in [0, 0.05) is 18.3 Å². The first kappa shape index (κ1) is 11.2. The number of aliphatic hydroxyl groups is 1. The summed E-state index contributed by atoms with van der Waals surface area (Å²) < 4.78 is 2.20. The first-order valence-corrected chi connectivity index (χ1v) is 5.74. The summed E-state index contributed by atoms with van der Waals surface area (Å²) in [5.74, 6) is 0. The number of hydrogen-bond acceptors (Lipinski definition) is 1. The molecule has 1 heterocycles. The molecule has 0 unspecified atom stereocenters. The van der Waals surface area contributed by atoms with E-state index in [0.29, 0.717) is 0 Å². The smallest absolute Gasteiger partial charge is 0.0608 e. The SMILES string of the molecule is Cc1ccc2c(ccn2CCC(C)(C)O)c1. The summed E-state index contributed by atoms with van der Waals surface area (Å²) in [6.45, 7) is 6.66. The van der Waals surface area contributed by atoms with Crippen molar-refractivity contribution in [2.24, 2.45) is 0 Å². The van der Waals surface area contributed by atoms with E-state index < -0.39 is 5.60 Å². The van der Waals surface area contributed by atoms with Gasteiger partial charge in [0.15, 0.2) is 0 Å². The van der Waals surface area contributed by atoms with Crippen molar-refractivity contribution in [2.75, 3.05) is 0 Å². The Labute approximate surface area is 96.5 Å². The number of hydrogen-bond donors (Lipinski definition) is 1. The molecule has 1 aromatic carbocycles. The molecule has 2 heteroatoms. The molecule has 2 rings (SSSR count). The number of fused-ring (bicyclic) bond motifs is 1. The average Bonchev–Trinajstić information content (AvgIpc) is 2.56. The van der Waals surface area contributed by atoms with Gasteiger partial charge in [0.25, 0.3) is 0 Å². The van der Waals surface area contributed by atoms with Crippen LogP contribution in [0.15, 0.2) is 30.5 Å². The van der Waals surface area contributed by atoms with Gasteiger partial charge in [-0.15, -0.1) is 0 Å². The minimum Gasteiger partial charge on any atom is -0.390 e. The van der Waals surface area contributed by atoms with Crippen LogP contribution >= 0.6 is 0 Å². The molecule has 86 valence electrons. The highest BCUT2D eigenvalue weighted by Gasteiger charge is 2.12. The van der Waals surface area contributed by atoms with Crippen LogP contribution in [0.4, 0.5) is 0 Å². The maximum absolute atomic E-state index is 9.72. The predicted octanol–water partition coefficient (Wildman–Crippen LogP) is 3.11. The Kier molecular flexibility index (Phi) is 2.76. The third-order valence-electron chi connectivity index (χ3n) is 2.89. The average molecular weight is 217 g/mol. The molecule has 0 amide bonds. The maximum atomic E-state index is 9.72. The van der Waals surface area contributed by atoms with Gasteiger partial charge in [-0.2, -0.15) is 0 Å². The second-order valence-electron chi connectivity index (χ2n) is 5.13. The molecule has 0 atom stereocenters. The second kappa shape index (κ2) is 3.95. The van der Waals surface area contributed by atoms with Crippen LogP contribution in [-0.4, -0.2) is 15.3 Å². The van der Waals surface area contributed by atoms with Crippen LogP contribution in [0.25, 0.3) is 10.9 Å². The van der Waals surface area contributed by atoms with E-state index in [4.69, 9.17) is 0 Å². The molecule has 0 saturated carbocycles. The first-order chi connectivity index (χ1) is 7.46. The molecular formula is C14H19NO. The van der Waals surface area contributed by atoms with E-state index in [-0.39, 0.29) is 0 Å². The molecule has 1 aromatic heterocycles. The molecule has 0 aliphatic rings. The van der Waals surface area contributed by atoms with E-state index in [1.54, 1.807) is 0 Å². The van der Waals surface area contributed by atoms with Gasteiger partial charge in [-0.25, -0.2) is 0 Å². The normalized spacial score (nSPS) is 12.2. The predicted molar refractivity (Wildman–Crippen MR) is 67.6 cm³/mol. The summed E-state index contributed by atoms with van der Waals surface area (Å²) in [5.41, 5.74) is 1.93. The minimum atomic E-state index is -0.596. The van der Waals surface area contributed by atoms with Gasteiger partial charge in [0.1, 0.15) is 0 Å². The standard InChI is InChI=1S/C14H19NO/c1-11-4-5-13-12(10-11)6-8-15(13)9-7-14(2,3)16/h4-6,8,10,16H,7,9H2,1-3H3. The van der Waals surface area contributed by atoms with E-state index in [1.807, 2.05) is 13.8 Å². The van der Waals surface area contributed by atoms with Crippen LogP contribution in [0.3, 0.4) is 0 Å². The molecule has 0 aliphatic heterocycles. The van der Waals surface area contributed by atoms with E-state index in [0.717, 1.165) is 13.0 Å². The molecule has 1 N–H and O–H groups in total. The fourth-order valence-electron chi connectivity index (χ4n) is 1.91. The van der Waals surface area contributed by atoms with Crippen LogP contribution in [-0.2, 0) is 6.54 Å². The number of aryl methyl sites for hydroxylation is 2. The van der Waals surface area contributed by atoms with Crippen molar-refractivity contribution >= 4 is 10.9 Å². The van der Waals surface area contributed by atoms with Gasteiger partial charge in [-0.3, -0.25) is 0 Å².